The van der Waals surface area contributed by atoms with E-state index in [2.05, 4.69) is 9.89 Å². The summed E-state index contributed by atoms with van der Waals surface area (Å²) in [5.41, 5.74) is 1.58. The number of benzene rings is 1. The molecule has 1 heterocycles. The number of aryl methyl sites for hydroxylation is 1. The second-order valence-electron chi connectivity index (χ2n) is 4.41. The highest BCUT2D eigenvalue weighted by atomic mass is 35.5. The Morgan fingerprint density at radius 1 is 1.57 bits per heavy atom. The summed E-state index contributed by atoms with van der Waals surface area (Å²) < 4.78 is 0.234. The van der Waals surface area contributed by atoms with Gasteiger partial charge in [-0.3, -0.25) is 10.1 Å². The Labute approximate surface area is 136 Å². The molecular weight excluding hydrogens is 333 g/mol. The van der Waals surface area contributed by atoms with Crippen LogP contribution in [0.2, 0.25) is 0 Å². The molecule has 0 unspecified atom stereocenters. The van der Waals surface area contributed by atoms with Gasteiger partial charge in [0.25, 0.3) is 5.69 Å². The van der Waals surface area contributed by atoms with Gasteiger partial charge in [-0.15, -0.1) is 0 Å². The number of nitro groups is 1. The van der Waals surface area contributed by atoms with Crippen LogP contribution in [0.3, 0.4) is 0 Å². The molecule has 1 saturated heterocycles. The lowest BCUT2D eigenvalue weighted by Crippen LogP contribution is -2.24. The third-order valence-electron chi connectivity index (χ3n) is 2.94. The molecule has 1 fully saturated rings. The minimum Gasteiger partial charge on any atom is -0.347 e. The number of nitrogens with zero attached hydrogens (tertiary/aromatic N) is 3. The Hall–Kier alpha value is -1.24. The van der Waals surface area contributed by atoms with Gasteiger partial charge >= 0.3 is 0 Å². The van der Waals surface area contributed by atoms with Gasteiger partial charge in [-0.1, -0.05) is 35.0 Å². The van der Waals surface area contributed by atoms with Crippen molar-refractivity contribution in [1.82, 2.24) is 4.90 Å². The molecule has 0 radical (unpaired) electrons. The second kappa shape index (κ2) is 7.15. The summed E-state index contributed by atoms with van der Waals surface area (Å²) in [6.07, 6.45) is 1.72. The topological polar surface area (TPSA) is 58.7 Å². The van der Waals surface area contributed by atoms with Gasteiger partial charge in [0.2, 0.25) is 0 Å². The van der Waals surface area contributed by atoms with Crippen molar-refractivity contribution in [2.45, 2.75) is 6.92 Å². The van der Waals surface area contributed by atoms with Gasteiger partial charge in [-0.05, 0) is 24.6 Å². The molecular formula is C13H13Cl2N3O2S. The van der Waals surface area contributed by atoms with Crippen LogP contribution in [0, 0.1) is 17.0 Å². The number of aliphatic imine (C=N–C) groups is 1. The van der Waals surface area contributed by atoms with E-state index in [0.717, 1.165) is 28.7 Å². The van der Waals surface area contributed by atoms with E-state index in [1.165, 1.54) is 12.1 Å². The molecule has 5 nitrogen and oxygen atoms in total. The summed E-state index contributed by atoms with van der Waals surface area (Å²) in [6.45, 7) is 3.28. The highest BCUT2D eigenvalue weighted by Crippen LogP contribution is 2.27. The van der Waals surface area contributed by atoms with Crippen LogP contribution in [0.25, 0.3) is 0 Å². The van der Waals surface area contributed by atoms with E-state index < -0.39 is 4.92 Å². The minimum absolute atomic E-state index is 0.0734. The van der Waals surface area contributed by atoms with Crippen molar-refractivity contribution in [3.63, 3.8) is 0 Å². The van der Waals surface area contributed by atoms with Crippen molar-refractivity contribution in [3.8, 4) is 0 Å². The van der Waals surface area contributed by atoms with Gasteiger partial charge in [0, 0.05) is 31.0 Å². The first-order valence-corrected chi connectivity index (χ1v) is 7.94. The predicted molar refractivity (Wildman–Crippen MR) is 88.7 cm³/mol. The quantitative estimate of drug-likeness (QED) is 0.604. The molecule has 0 aromatic heterocycles. The number of hydrogen-bond acceptors (Lipinski definition) is 4. The molecule has 0 amide bonds. The first-order valence-electron chi connectivity index (χ1n) is 6.20. The summed E-state index contributed by atoms with van der Waals surface area (Å²) in [6, 6.07) is 4.66. The maximum atomic E-state index is 10.7. The van der Waals surface area contributed by atoms with Gasteiger partial charge in [-0.25, -0.2) is 4.99 Å². The van der Waals surface area contributed by atoms with Crippen molar-refractivity contribution < 1.29 is 4.92 Å². The van der Waals surface area contributed by atoms with Crippen LogP contribution in [0.5, 0.6) is 0 Å². The van der Waals surface area contributed by atoms with E-state index in [0.29, 0.717) is 6.54 Å². The van der Waals surface area contributed by atoms with Gasteiger partial charge in [0.15, 0.2) is 5.17 Å². The van der Waals surface area contributed by atoms with Gasteiger partial charge in [0.05, 0.1) is 10.6 Å². The van der Waals surface area contributed by atoms with E-state index in [9.17, 15) is 10.1 Å². The average Bonchev–Trinajstić information content (AvgIpc) is 2.85. The number of hydrogen-bond donors (Lipinski definition) is 0. The lowest BCUT2D eigenvalue weighted by atomic mass is 10.2. The molecule has 1 aromatic carbocycles. The smallest absolute Gasteiger partial charge is 0.269 e. The Morgan fingerprint density at radius 3 is 2.95 bits per heavy atom. The number of nitro benzene ring substituents is 1. The van der Waals surface area contributed by atoms with Crippen LogP contribution in [-0.4, -0.2) is 33.8 Å². The van der Waals surface area contributed by atoms with E-state index in [-0.39, 0.29) is 10.2 Å². The van der Waals surface area contributed by atoms with E-state index >= 15 is 0 Å². The van der Waals surface area contributed by atoms with Crippen molar-refractivity contribution in [2.75, 3.05) is 18.8 Å². The van der Waals surface area contributed by atoms with Crippen molar-refractivity contribution >= 4 is 51.5 Å². The molecule has 0 atom stereocenters. The third-order valence-corrected chi connectivity index (χ3v) is 4.24. The Kier molecular flexibility index (Phi) is 5.50. The van der Waals surface area contributed by atoms with E-state index in [1.54, 1.807) is 23.9 Å². The van der Waals surface area contributed by atoms with Crippen molar-refractivity contribution in [1.29, 1.82) is 0 Å². The number of amidine groups is 1. The largest absolute Gasteiger partial charge is 0.347 e. The van der Waals surface area contributed by atoms with Gasteiger partial charge in [0.1, 0.15) is 4.49 Å². The monoisotopic (exact) mass is 345 g/mol. The van der Waals surface area contributed by atoms with Gasteiger partial charge in [-0.2, -0.15) is 0 Å². The number of non-ortho nitro benzene ring substituents is 1. The Bertz CT molecular complexity index is 615. The summed E-state index contributed by atoms with van der Waals surface area (Å²) in [5.74, 6) is 0.943. The lowest BCUT2D eigenvalue weighted by molar-refractivity contribution is -0.384. The van der Waals surface area contributed by atoms with E-state index in [4.69, 9.17) is 23.2 Å². The first-order chi connectivity index (χ1) is 9.97. The molecule has 1 aromatic rings. The zero-order valence-electron chi connectivity index (χ0n) is 11.3. The highest BCUT2D eigenvalue weighted by Gasteiger charge is 2.19. The second-order valence-corrected chi connectivity index (χ2v) is 6.48. The van der Waals surface area contributed by atoms with Crippen LogP contribution in [0.1, 0.15) is 5.56 Å². The fourth-order valence-corrected chi connectivity index (χ4v) is 3.01. The maximum Gasteiger partial charge on any atom is 0.269 e. The van der Waals surface area contributed by atoms with Crippen LogP contribution < -0.4 is 0 Å². The Morgan fingerprint density at radius 2 is 2.33 bits per heavy atom. The van der Waals surface area contributed by atoms with Crippen LogP contribution in [-0.2, 0) is 0 Å². The molecule has 0 spiro atoms. The Balaban J connectivity index is 2.22. The molecule has 1 aliphatic heterocycles. The molecule has 0 saturated carbocycles. The maximum absolute atomic E-state index is 10.7. The molecule has 21 heavy (non-hydrogen) atoms. The lowest BCUT2D eigenvalue weighted by Gasteiger charge is -2.15. The molecule has 0 bridgehead atoms. The SMILES string of the molecule is Cc1cc([N+](=O)[O-])ccc1/N=C1\SCCN1CC=C(Cl)Cl. The molecule has 112 valence electrons. The summed E-state index contributed by atoms with van der Waals surface area (Å²) >= 11 is 12.9. The van der Waals surface area contributed by atoms with Gasteiger partial charge < -0.3 is 4.90 Å². The average molecular weight is 346 g/mol. The molecule has 0 N–H and O–H groups in total. The first kappa shape index (κ1) is 16.1. The minimum atomic E-state index is -0.409. The molecule has 1 aliphatic rings. The van der Waals surface area contributed by atoms with Crippen LogP contribution >= 0.6 is 35.0 Å². The zero-order valence-corrected chi connectivity index (χ0v) is 13.6. The fraction of sp³-hybridized carbons (Fsp3) is 0.308. The third kappa shape index (κ3) is 4.36. The van der Waals surface area contributed by atoms with E-state index in [1.807, 2.05) is 6.92 Å². The zero-order chi connectivity index (χ0) is 15.4. The number of thioether (sulfide) groups is 1. The fourth-order valence-electron chi connectivity index (χ4n) is 1.87. The number of halogens is 2. The van der Waals surface area contributed by atoms with Crippen LogP contribution in [0.4, 0.5) is 11.4 Å². The normalized spacial score (nSPS) is 16.3. The summed E-state index contributed by atoms with van der Waals surface area (Å²) in [4.78, 5) is 17.0. The van der Waals surface area contributed by atoms with Crippen molar-refractivity contribution in [3.05, 3.63) is 44.4 Å². The molecule has 8 heteroatoms. The number of rotatable bonds is 4. The summed E-state index contributed by atoms with van der Waals surface area (Å²) in [5, 5.41) is 11.6. The van der Waals surface area contributed by atoms with Crippen LogP contribution in [0.15, 0.2) is 33.8 Å². The van der Waals surface area contributed by atoms with Crippen molar-refractivity contribution in [2.24, 2.45) is 4.99 Å². The summed E-state index contributed by atoms with van der Waals surface area (Å²) in [7, 11) is 0. The molecule has 2 rings (SSSR count). The standard InChI is InChI=1S/C13H13Cl2N3O2S/c1-9-8-10(18(19)20)2-3-11(9)16-13-17(6-7-21-13)5-4-12(14)15/h2-4,8H,5-7H2,1H3/b16-13-. The predicted octanol–water partition coefficient (Wildman–Crippen LogP) is 4.26. The highest BCUT2D eigenvalue weighted by molar-refractivity contribution is 8.14. The molecule has 0 aliphatic carbocycles.